The maximum Gasteiger partial charge on any atom is 0.411 e. The zero-order valence-electron chi connectivity index (χ0n) is 10.8. The topological polar surface area (TPSA) is 87.1 Å². The third kappa shape index (κ3) is 2.16. The number of ether oxygens (including phenoxy) is 1. The predicted octanol–water partition coefficient (Wildman–Crippen LogP) is 0.830. The predicted molar refractivity (Wildman–Crippen MR) is 62.0 cm³/mol. The highest BCUT2D eigenvalue weighted by atomic mass is 16.6. The number of rotatable bonds is 1. The Morgan fingerprint density at radius 2 is 1.89 bits per heavy atom. The number of nitrogens with zero attached hydrogens (tertiary/aromatic N) is 1. The van der Waals surface area contributed by atoms with Crippen molar-refractivity contribution in [1.82, 2.24) is 4.90 Å². The van der Waals surface area contributed by atoms with Gasteiger partial charge in [-0.2, -0.15) is 0 Å². The monoisotopic (exact) mass is 257 g/mol. The van der Waals surface area contributed by atoms with Gasteiger partial charge in [0.05, 0.1) is 6.10 Å². The van der Waals surface area contributed by atoms with E-state index in [9.17, 15) is 19.8 Å². The Labute approximate surface area is 106 Å². The molecular weight excluding hydrogens is 238 g/mol. The smallest absolute Gasteiger partial charge is 0.411 e. The van der Waals surface area contributed by atoms with Crippen LogP contribution >= 0.6 is 0 Å². The van der Waals surface area contributed by atoms with Crippen LogP contribution < -0.4 is 0 Å². The van der Waals surface area contributed by atoms with Gasteiger partial charge in [-0.05, 0) is 33.6 Å². The Bertz CT molecular complexity index is 375. The molecule has 1 saturated heterocycles. The molecule has 2 bridgehead atoms. The maximum atomic E-state index is 12.0. The maximum absolute atomic E-state index is 12.0. The van der Waals surface area contributed by atoms with E-state index in [0.29, 0.717) is 12.8 Å². The largest absolute Gasteiger partial charge is 0.480 e. The van der Waals surface area contributed by atoms with Crippen molar-refractivity contribution < 1.29 is 24.5 Å². The van der Waals surface area contributed by atoms with E-state index in [-0.39, 0.29) is 12.0 Å². The van der Waals surface area contributed by atoms with Crippen LogP contribution in [0, 0.1) is 5.92 Å². The molecule has 6 heteroatoms. The average Bonchev–Trinajstić information content (AvgIpc) is 2.69. The summed E-state index contributed by atoms with van der Waals surface area (Å²) in [6, 6.07) is -1.19. The van der Waals surface area contributed by atoms with Crippen LogP contribution in [0.1, 0.15) is 33.6 Å². The Kier molecular flexibility index (Phi) is 3.01. The fourth-order valence-corrected chi connectivity index (χ4v) is 2.90. The zero-order valence-corrected chi connectivity index (χ0v) is 10.8. The molecule has 6 nitrogen and oxygen atoms in total. The van der Waals surface area contributed by atoms with Crippen LogP contribution in [-0.4, -0.2) is 51.0 Å². The lowest BCUT2D eigenvalue weighted by molar-refractivity contribution is -0.147. The van der Waals surface area contributed by atoms with E-state index in [1.54, 1.807) is 20.8 Å². The molecule has 0 spiro atoms. The van der Waals surface area contributed by atoms with E-state index < -0.39 is 29.8 Å². The highest BCUT2D eigenvalue weighted by Gasteiger charge is 2.56. The fraction of sp³-hybridized carbons (Fsp3) is 0.833. The van der Waals surface area contributed by atoms with Crippen molar-refractivity contribution in [2.24, 2.45) is 5.92 Å². The molecule has 2 N–H and O–H groups in total. The lowest BCUT2D eigenvalue weighted by atomic mass is 9.96. The van der Waals surface area contributed by atoms with Crippen LogP contribution in [0.2, 0.25) is 0 Å². The lowest BCUT2D eigenvalue weighted by Crippen LogP contribution is -2.53. The van der Waals surface area contributed by atoms with Gasteiger partial charge in [-0.3, -0.25) is 4.90 Å². The Morgan fingerprint density at radius 3 is 2.39 bits per heavy atom. The molecule has 102 valence electrons. The molecule has 2 fully saturated rings. The molecule has 1 amide bonds. The number of carbonyl (C=O) groups excluding carboxylic acids is 1. The third-order valence-electron chi connectivity index (χ3n) is 3.51. The van der Waals surface area contributed by atoms with Crippen LogP contribution in [0.25, 0.3) is 0 Å². The highest BCUT2D eigenvalue weighted by molar-refractivity contribution is 5.82. The van der Waals surface area contributed by atoms with E-state index in [0.717, 1.165) is 0 Å². The number of aliphatic carboxylic acids is 1. The van der Waals surface area contributed by atoms with E-state index in [2.05, 4.69) is 0 Å². The van der Waals surface area contributed by atoms with E-state index >= 15 is 0 Å². The van der Waals surface area contributed by atoms with Crippen molar-refractivity contribution in [3.8, 4) is 0 Å². The van der Waals surface area contributed by atoms with Gasteiger partial charge in [0.15, 0.2) is 0 Å². The summed E-state index contributed by atoms with van der Waals surface area (Å²) in [5, 5.41) is 18.9. The minimum absolute atomic E-state index is 0.221. The van der Waals surface area contributed by atoms with Gasteiger partial charge < -0.3 is 14.9 Å². The molecule has 2 aliphatic rings. The molecule has 0 aromatic heterocycles. The van der Waals surface area contributed by atoms with Crippen LogP contribution in [0.3, 0.4) is 0 Å². The van der Waals surface area contributed by atoms with Gasteiger partial charge in [-0.25, -0.2) is 9.59 Å². The number of carbonyl (C=O) groups is 2. The summed E-state index contributed by atoms with van der Waals surface area (Å²) in [5.74, 6) is -1.45. The first-order valence-electron chi connectivity index (χ1n) is 6.13. The number of hydrogen-bond acceptors (Lipinski definition) is 4. The number of fused-ring (bicyclic) bond motifs is 2. The molecular formula is C12H19NO5. The van der Waals surface area contributed by atoms with E-state index in [4.69, 9.17) is 4.74 Å². The van der Waals surface area contributed by atoms with Gasteiger partial charge in [0.2, 0.25) is 0 Å². The number of aliphatic hydroxyl groups is 1. The number of carboxylic acids is 1. The van der Waals surface area contributed by atoms with Gasteiger partial charge in [0.1, 0.15) is 11.6 Å². The summed E-state index contributed by atoms with van der Waals surface area (Å²) in [4.78, 5) is 24.6. The first kappa shape index (κ1) is 13.1. The van der Waals surface area contributed by atoms with Crippen molar-refractivity contribution in [3.63, 3.8) is 0 Å². The normalized spacial score (nSPS) is 34.8. The second-order valence-corrected chi connectivity index (χ2v) is 6.03. The van der Waals surface area contributed by atoms with Gasteiger partial charge in [-0.1, -0.05) is 0 Å². The van der Waals surface area contributed by atoms with Crippen molar-refractivity contribution in [3.05, 3.63) is 0 Å². The molecule has 0 aromatic carbocycles. The second kappa shape index (κ2) is 4.12. The van der Waals surface area contributed by atoms with Gasteiger partial charge in [0.25, 0.3) is 0 Å². The Morgan fingerprint density at radius 1 is 1.28 bits per heavy atom. The number of carboxylic acid groups (broad SMARTS) is 1. The molecule has 0 unspecified atom stereocenters. The summed E-state index contributed by atoms with van der Waals surface area (Å²) >= 11 is 0. The zero-order chi connectivity index (χ0) is 13.7. The van der Waals surface area contributed by atoms with Crippen molar-refractivity contribution in [2.75, 3.05) is 0 Å². The first-order chi connectivity index (χ1) is 8.20. The highest BCUT2D eigenvalue weighted by Crippen LogP contribution is 2.43. The van der Waals surface area contributed by atoms with E-state index in [1.165, 1.54) is 4.90 Å². The molecule has 1 saturated carbocycles. The summed E-state index contributed by atoms with van der Waals surface area (Å²) in [6.45, 7) is 5.22. The van der Waals surface area contributed by atoms with Crippen LogP contribution in [0.5, 0.6) is 0 Å². The minimum atomic E-state index is -1.08. The minimum Gasteiger partial charge on any atom is -0.480 e. The standard InChI is InChI=1S/C12H19NO5/c1-12(2,3)18-11(17)13-6-4-7(8(14)5-6)9(13)10(15)16/h6-9,14H,4-5H2,1-3H3,(H,15,16)/t6-,7+,8-,9-/m0/s1. The van der Waals surface area contributed by atoms with Crippen LogP contribution in [-0.2, 0) is 9.53 Å². The third-order valence-corrected chi connectivity index (χ3v) is 3.51. The van der Waals surface area contributed by atoms with E-state index in [1.807, 2.05) is 0 Å². The van der Waals surface area contributed by atoms with Crippen molar-refractivity contribution >= 4 is 12.1 Å². The average molecular weight is 257 g/mol. The van der Waals surface area contributed by atoms with Crippen molar-refractivity contribution in [2.45, 2.75) is 57.4 Å². The molecule has 2 rings (SSSR count). The number of piperidine rings is 1. The molecule has 1 heterocycles. The molecule has 0 aromatic rings. The molecule has 18 heavy (non-hydrogen) atoms. The summed E-state index contributed by atoms with van der Waals surface area (Å²) in [5.41, 5.74) is -0.652. The molecule has 1 aliphatic heterocycles. The quantitative estimate of drug-likeness (QED) is 0.726. The van der Waals surface area contributed by atoms with Gasteiger partial charge in [0, 0.05) is 12.0 Å². The lowest BCUT2D eigenvalue weighted by Gasteiger charge is -2.35. The number of amides is 1. The van der Waals surface area contributed by atoms with Gasteiger partial charge >= 0.3 is 12.1 Å². The number of hydrogen-bond donors (Lipinski definition) is 2. The second-order valence-electron chi connectivity index (χ2n) is 6.03. The summed E-state index contributed by atoms with van der Waals surface area (Å²) in [7, 11) is 0. The SMILES string of the molecule is CC(C)(C)OC(=O)N1[C@H]2C[C@@H]([C@H]1C(=O)O)[C@@H](O)C2. The Hall–Kier alpha value is -1.30. The van der Waals surface area contributed by atoms with Crippen LogP contribution in [0.4, 0.5) is 4.79 Å². The number of likely N-dealkylation sites (tertiary alicyclic amines) is 1. The van der Waals surface area contributed by atoms with Crippen molar-refractivity contribution in [1.29, 1.82) is 0 Å². The first-order valence-corrected chi connectivity index (χ1v) is 6.13. The molecule has 4 atom stereocenters. The summed E-state index contributed by atoms with van der Waals surface area (Å²) < 4.78 is 5.23. The molecule has 1 aliphatic carbocycles. The fourth-order valence-electron chi connectivity index (χ4n) is 2.90. The van der Waals surface area contributed by atoms with Crippen LogP contribution in [0.15, 0.2) is 0 Å². The number of aliphatic hydroxyl groups excluding tert-OH is 1. The van der Waals surface area contributed by atoms with Gasteiger partial charge in [-0.15, -0.1) is 0 Å². The summed E-state index contributed by atoms with van der Waals surface area (Å²) in [6.07, 6.45) is -0.255. The Balaban J connectivity index is 2.17. The molecule has 0 radical (unpaired) electrons.